The van der Waals surface area contributed by atoms with Crippen LogP contribution in [0.15, 0.2) is 0 Å². The van der Waals surface area contributed by atoms with Gasteiger partial charge in [-0.3, -0.25) is 10.1 Å². The summed E-state index contributed by atoms with van der Waals surface area (Å²) in [5, 5.41) is 25.4. The van der Waals surface area contributed by atoms with E-state index in [1.54, 1.807) is 7.05 Å². The van der Waals surface area contributed by atoms with Crippen LogP contribution in [0.3, 0.4) is 0 Å². The maximum atomic E-state index is 11.8. The van der Waals surface area contributed by atoms with Gasteiger partial charge in [-0.05, 0) is 23.5 Å². The number of aryl methyl sites for hydroxylation is 1. The Morgan fingerprint density at radius 2 is 2.05 bits per heavy atom. The molecule has 21 heavy (non-hydrogen) atoms. The summed E-state index contributed by atoms with van der Waals surface area (Å²) < 4.78 is 0. The molecule has 9 nitrogen and oxygen atoms in total. The third-order valence-corrected chi connectivity index (χ3v) is 3.80. The lowest BCUT2D eigenvalue weighted by molar-refractivity contribution is -0.140. The predicted molar refractivity (Wildman–Crippen MR) is 73.6 cm³/mol. The summed E-state index contributed by atoms with van der Waals surface area (Å²) in [4.78, 5) is 24.1. The molecule has 1 aliphatic carbocycles. The monoisotopic (exact) mass is 296 g/mol. The van der Waals surface area contributed by atoms with Gasteiger partial charge in [0.1, 0.15) is 0 Å². The van der Waals surface area contributed by atoms with Crippen molar-refractivity contribution in [3.63, 3.8) is 0 Å². The van der Waals surface area contributed by atoms with Gasteiger partial charge in [0.15, 0.2) is 0 Å². The average molecular weight is 296 g/mol. The van der Waals surface area contributed by atoms with Crippen molar-refractivity contribution in [1.82, 2.24) is 25.5 Å². The van der Waals surface area contributed by atoms with E-state index in [1.165, 1.54) is 4.80 Å². The minimum absolute atomic E-state index is 0.0800. The number of urea groups is 1. The number of tetrazole rings is 1. The molecular weight excluding hydrogens is 276 g/mol. The lowest BCUT2D eigenvalue weighted by atomic mass is 9.72. The Bertz CT molecular complexity index is 509. The van der Waals surface area contributed by atoms with E-state index in [2.05, 4.69) is 26.0 Å². The Kier molecular flexibility index (Phi) is 4.71. The van der Waals surface area contributed by atoms with Crippen LogP contribution in [0.25, 0.3) is 0 Å². The highest BCUT2D eigenvalue weighted by Gasteiger charge is 2.34. The molecule has 1 heterocycles. The van der Waals surface area contributed by atoms with Crippen LogP contribution >= 0.6 is 0 Å². The number of anilines is 1. The third-order valence-electron chi connectivity index (χ3n) is 3.80. The van der Waals surface area contributed by atoms with Gasteiger partial charge in [0.25, 0.3) is 5.95 Å². The number of carbonyl (C=O) groups is 2. The fourth-order valence-electron chi connectivity index (χ4n) is 2.79. The highest BCUT2D eigenvalue weighted by Crippen LogP contribution is 2.38. The number of rotatable bonds is 5. The lowest BCUT2D eigenvalue weighted by Crippen LogP contribution is -2.42. The maximum absolute atomic E-state index is 11.8. The zero-order valence-corrected chi connectivity index (χ0v) is 12.0. The minimum Gasteiger partial charge on any atom is -0.481 e. The minimum atomic E-state index is -0.824. The van der Waals surface area contributed by atoms with Crippen LogP contribution in [0.2, 0.25) is 0 Å². The van der Waals surface area contributed by atoms with Crippen LogP contribution in [0.4, 0.5) is 10.7 Å². The molecule has 2 amide bonds. The quantitative estimate of drug-likeness (QED) is 0.737. The Balaban J connectivity index is 1.88. The molecular formula is C12H20N6O3. The maximum Gasteiger partial charge on any atom is 0.321 e. The van der Waals surface area contributed by atoms with E-state index >= 15 is 0 Å². The second kappa shape index (κ2) is 6.51. The van der Waals surface area contributed by atoms with Gasteiger partial charge in [-0.25, -0.2) is 4.79 Å². The molecule has 0 unspecified atom stereocenters. The fourth-order valence-corrected chi connectivity index (χ4v) is 2.79. The normalized spacial score (nSPS) is 17.2. The van der Waals surface area contributed by atoms with Crippen molar-refractivity contribution in [3.05, 3.63) is 0 Å². The van der Waals surface area contributed by atoms with Crippen molar-refractivity contribution < 1.29 is 14.7 Å². The zero-order chi connectivity index (χ0) is 15.3. The molecule has 0 bridgehead atoms. The van der Waals surface area contributed by atoms with Crippen LogP contribution < -0.4 is 10.6 Å². The van der Waals surface area contributed by atoms with Crippen LogP contribution in [0.5, 0.6) is 0 Å². The van der Waals surface area contributed by atoms with E-state index in [1.807, 2.05) is 0 Å². The van der Waals surface area contributed by atoms with Crippen LogP contribution in [-0.2, 0) is 11.8 Å². The van der Waals surface area contributed by atoms with Gasteiger partial charge in [0, 0.05) is 6.54 Å². The number of hydrogen-bond acceptors (Lipinski definition) is 5. The highest BCUT2D eigenvalue weighted by molar-refractivity contribution is 5.87. The van der Waals surface area contributed by atoms with Gasteiger partial charge < -0.3 is 10.4 Å². The SMILES string of the molecule is Cn1nnc(NC(=O)NCC2(CC(=O)O)CCCCC2)n1. The van der Waals surface area contributed by atoms with Crippen LogP contribution in [-0.4, -0.2) is 43.9 Å². The van der Waals surface area contributed by atoms with E-state index in [4.69, 9.17) is 5.11 Å². The summed E-state index contributed by atoms with van der Waals surface area (Å²) in [5.74, 6) is -0.708. The van der Waals surface area contributed by atoms with Gasteiger partial charge in [0.05, 0.1) is 13.5 Å². The van der Waals surface area contributed by atoms with Crippen molar-refractivity contribution >= 4 is 17.9 Å². The Morgan fingerprint density at radius 3 is 2.62 bits per heavy atom. The van der Waals surface area contributed by atoms with Crippen LogP contribution in [0.1, 0.15) is 38.5 Å². The molecule has 0 saturated heterocycles. The second-order valence-electron chi connectivity index (χ2n) is 5.54. The fraction of sp³-hybridized carbons (Fsp3) is 0.750. The first kappa shape index (κ1) is 15.2. The Labute approximate surface area is 122 Å². The number of nitrogens with zero attached hydrogens (tertiary/aromatic N) is 4. The largest absolute Gasteiger partial charge is 0.481 e. The Hall–Kier alpha value is -2.19. The summed E-state index contributed by atoms with van der Waals surface area (Å²) in [6.07, 6.45) is 4.85. The molecule has 116 valence electrons. The molecule has 1 saturated carbocycles. The number of carboxylic acid groups (broad SMARTS) is 1. The first-order chi connectivity index (χ1) is 9.99. The molecule has 0 radical (unpaired) electrons. The van der Waals surface area contributed by atoms with Gasteiger partial charge in [-0.1, -0.05) is 24.4 Å². The van der Waals surface area contributed by atoms with E-state index < -0.39 is 12.0 Å². The van der Waals surface area contributed by atoms with Crippen molar-refractivity contribution in [1.29, 1.82) is 0 Å². The van der Waals surface area contributed by atoms with E-state index in [9.17, 15) is 9.59 Å². The number of carboxylic acids is 1. The molecule has 0 atom stereocenters. The first-order valence-corrected chi connectivity index (χ1v) is 7.00. The molecule has 0 spiro atoms. The summed E-state index contributed by atoms with van der Waals surface area (Å²) in [7, 11) is 1.60. The van der Waals surface area contributed by atoms with Crippen molar-refractivity contribution in [2.24, 2.45) is 12.5 Å². The number of nitrogens with one attached hydrogen (secondary N) is 2. The van der Waals surface area contributed by atoms with Crippen molar-refractivity contribution in [2.45, 2.75) is 38.5 Å². The van der Waals surface area contributed by atoms with Gasteiger partial charge in [0.2, 0.25) is 0 Å². The molecule has 1 fully saturated rings. The first-order valence-electron chi connectivity index (χ1n) is 7.00. The molecule has 1 aliphatic rings. The third kappa shape index (κ3) is 4.40. The number of carbonyl (C=O) groups excluding carboxylic acids is 1. The highest BCUT2D eigenvalue weighted by atomic mass is 16.4. The number of aliphatic carboxylic acids is 1. The standard InChI is InChI=1S/C12H20N6O3/c1-18-16-10(15-17-18)14-11(21)13-8-12(7-9(19)20)5-3-2-4-6-12/h2-8H2,1H3,(H,19,20)(H2,13,14,16,21). The lowest BCUT2D eigenvalue weighted by Gasteiger charge is -2.36. The predicted octanol–water partition coefficient (Wildman–Crippen LogP) is 0.757. The smallest absolute Gasteiger partial charge is 0.321 e. The summed E-state index contributed by atoms with van der Waals surface area (Å²) in [5.41, 5.74) is -0.350. The van der Waals surface area contributed by atoms with Crippen LogP contribution in [0, 0.1) is 5.41 Å². The summed E-state index contributed by atoms with van der Waals surface area (Å²) in [6.45, 7) is 0.339. The number of aromatic nitrogens is 4. The number of amides is 2. The zero-order valence-electron chi connectivity index (χ0n) is 12.0. The van der Waals surface area contributed by atoms with Gasteiger partial charge >= 0.3 is 12.0 Å². The van der Waals surface area contributed by atoms with Gasteiger partial charge in [-0.2, -0.15) is 4.80 Å². The molecule has 0 aromatic carbocycles. The molecule has 1 aromatic heterocycles. The van der Waals surface area contributed by atoms with Crippen molar-refractivity contribution in [3.8, 4) is 0 Å². The number of hydrogen-bond donors (Lipinski definition) is 3. The van der Waals surface area contributed by atoms with Crippen molar-refractivity contribution in [2.75, 3.05) is 11.9 Å². The molecule has 2 rings (SSSR count). The summed E-state index contributed by atoms with van der Waals surface area (Å²) in [6, 6.07) is -0.446. The molecule has 1 aromatic rings. The van der Waals surface area contributed by atoms with E-state index in [-0.39, 0.29) is 17.8 Å². The van der Waals surface area contributed by atoms with E-state index in [0.29, 0.717) is 6.54 Å². The summed E-state index contributed by atoms with van der Waals surface area (Å²) >= 11 is 0. The topological polar surface area (TPSA) is 122 Å². The van der Waals surface area contributed by atoms with E-state index in [0.717, 1.165) is 32.1 Å². The Morgan fingerprint density at radius 1 is 1.33 bits per heavy atom. The average Bonchev–Trinajstić information content (AvgIpc) is 2.82. The van der Waals surface area contributed by atoms with Gasteiger partial charge in [-0.15, -0.1) is 5.10 Å². The molecule has 0 aliphatic heterocycles. The molecule has 3 N–H and O–H groups in total. The molecule has 9 heteroatoms. The second-order valence-corrected chi connectivity index (χ2v) is 5.54.